The first-order valence-corrected chi connectivity index (χ1v) is 8.22. The van der Waals surface area contributed by atoms with Gasteiger partial charge < -0.3 is 9.15 Å². The van der Waals surface area contributed by atoms with Crippen LogP contribution in [0.5, 0.6) is 5.75 Å². The molecule has 0 spiro atoms. The molecule has 0 saturated heterocycles. The number of aryl methyl sites for hydroxylation is 1. The molecule has 23 heavy (non-hydrogen) atoms. The Labute approximate surface area is 147 Å². The summed E-state index contributed by atoms with van der Waals surface area (Å²) in [5.74, 6) is 1.56. The summed E-state index contributed by atoms with van der Waals surface area (Å²) >= 11 is 9.35. The van der Waals surface area contributed by atoms with Gasteiger partial charge in [-0.2, -0.15) is 0 Å². The van der Waals surface area contributed by atoms with Crippen molar-refractivity contribution in [3.63, 3.8) is 0 Å². The van der Waals surface area contributed by atoms with Gasteiger partial charge in [0.15, 0.2) is 6.10 Å². The van der Waals surface area contributed by atoms with Gasteiger partial charge in [-0.15, -0.1) is 10.2 Å². The van der Waals surface area contributed by atoms with Crippen LogP contribution in [-0.4, -0.2) is 10.2 Å². The van der Waals surface area contributed by atoms with Gasteiger partial charge in [0.25, 0.3) is 5.89 Å². The number of benzene rings is 2. The van der Waals surface area contributed by atoms with Crippen LogP contribution in [0.4, 0.5) is 0 Å². The van der Waals surface area contributed by atoms with Crippen molar-refractivity contribution >= 4 is 27.5 Å². The molecule has 0 saturated carbocycles. The Balaban J connectivity index is 1.78. The number of halogens is 2. The second-order valence-corrected chi connectivity index (χ2v) is 6.44. The lowest BCUT2D eigenvalue weighted by Gasteiger charge is -2.12. The molecule has 0 aliphatic carbocycles. The number of nitrogens with zero attached hydrogens (tertiary/aromatic N) is 2. The van der Waals surface area contributed by atoms with E-state index >= 15 is 0 Å². The van der Waals surface area contributed by atoms with Gasteiger partial charge in [-0.1, -0.05) is 29.3 Å². The van der Waals surface area contributed by atoms with Crippen LogP contribution in [0.2, 0.25) is 5.02 Å². The van der Waals surface area contributed by atoms with Crippen LogP contribution in [0, 0.1) is 6.92 Å². The van der Waals surface area contributed by atoms with Gasteiger partial charge in [-0.05, 0) is 60.1 Å². The summed E-state index contributed by atoms with van der Waals surface area (Å²) in [5.41, 5.74) is 2.06. The highest BCUT2D eigenvalue weighted by Gasteiger charge is 2.17. The molecule has 0 N–H and O–H groups in total. The zero-order chi connectivity index (χ0) is 16.4. The highest BCUT2D eigenvalue weighted by Crippen LogP contribution is 2.32. The van der Waals surface area contributed by atoms with E-state index in [1.54, 1.807) is 18.2 Å². The Hall–Kier alpha value is -1.85. The second-order valence-electron chi connectivity index (χ2n) is 5.15. The zero-order valence-corrected chi connectivity index (χ0v) is 14.9. The van der Waals surface area contributed by atoms with Crippen LogP contribution >= 0.6 is 27.5 Å². The summed E-state index contributed by atoms with van der Waals surface area (Å²) in [6, 6.07) is 13.2. The van der Waals surface area contributed by atoms with Crippen molar-refractivity contribution in [2.24, 2.45) is 0 Å². The van der Waals surface area contributed by atoms with E-state index in [0.29, 0.717) is 22.6 Å². The zero-order valence-electron chi connectivity index (χ0n) is 12.6. The number of hydrogen-bond acceptors (Lipinski definition) is 4. The van der Waals surface area contributed by atoms with Crippen molar-refractivity contribution in [3.8, 4) is 17.2 Å². The van der Waals surface area contributed by atoms with Gasteiger partial charge in [0.05, 0.1) is 4.47 Å². The average Bonchev–Trinajstić information content (AvgIpc) is 3.01. The minimum atomic E-state index is -0.376. The van der Waals surface area contributed by atoms with E-state index in [1.807, 2.05) is 38.1 Å². The van der Waals surface area contributed by atoms with Crippen molar-refractivity contribution in [1.82, 2.24) is 10.2 Å². The lowest BCUT2D eigenvalue weighted by molar-refractivity contribution is 0.188. The summed E-state index contributed by atoms with van der Waals surface area (Å²) < 4.78 is 12.3. The predicted octanol–water partition coefficient (Wildman–Crippen LogP) is 5.60. The minimum Gasteiger partial charge on any atom is -0.480 e. The van der Waals surface area contributed by atoms with Gasteiger partial charge in [-0.25, -0.2) is 0 Å². The number of rotatable bonds is 4. The van der Waals surface area contributed by atoms with E-state index in [-0.39, 0.29) is 6.10 Å². The molecule has 0 radical (unpaired) electrons. The van der Waals surface area contributed by atoms with Crippen LogP contribution in [0.1, 0.15) is 24.5 Å². The molecule has 0 fully saturated rings. The summed E-state index contributed by atoms with van der Waals surface area (Å²) in [6.45, 7) is 3.89. The molecule has 0 bridgehead atoms. The van der Waals surface area contributed by atoms with E-state index in [0.717, 1.165) is 10.0 Å². The monoisotopic (exact) mass is 392 g/mol. The molecule has 0 aliphatic heterocycles. The van der Waals surface area contributed by atoms with Crippen LogP contribution in [0.3, 0.4) is 0 Å². The predicted molar refractivity (Wildman–Crippen MR) is 92.7 cm³/mol. The minimum absolute atomic E-state index is 0.376. The van der Waals surface area contributed by atoms with Gasteiger partial charge in [0.2, 0.25) is 5.89 Å². The fraction of sp³-hybridized carbons (Fsp3) is 0.176. The largest absolute Gasteiger partial charge is 0.480 e. The second kappa shape index (κ2) is 6.72. The summed E-state index contributed by atoms with van der Waals surface area (Å²) in [6.07, 6.45) is -0.376. The Morgan fingerprint density at radius 1 is 1.13 bits per heavy atom. The van der Waals surface area contributed by atoms with E-state index in [9.17, 15) is 0 Å². The Kier molecular flexibility index (Phi) is 4.68. The number of hydrogen-bond donors (Lipinski definition) is 0. The molecule has 0 amide bonds. The Morgan fingerprint density at radius 2 is 1.87 bits per heavy atom. The molecule has 0 unspecified atom stereocenters. The standard InChI is InChI=1S/C17H14BrClN2O2/c1-10-3-5-12(6-4-10)17-21-20-16(23-17)11(2)22-15-8-7-13(19)9-14(15)18/h3-9,11H,1-2H3/t11-/m0/s1. The molecular formula is C17H14BrClN2O2. The van der Waals surface area contributed by atoms with Gasteiger partial charge in [0.1, 0.15) is 5.75 Å². The van der Waals surface area contributed by atoms with Crippen molar-refractivity contribution in [3.05, 3.63) is 63.4 Å². The smallest absolute Gasteiger partial charge is 0.257 e. The molecule has 4 nitrogen and oxygen atoms in total. The van der Waals surface area contributed by atoms with E-state index in [1.165, 1.54) is 5.56 Å². The maximum atomic E-state index is 5.93. The fourth-order valence-corrected chi connectivity index (χ4v) is 2.80. The van der Waals surface area contributed by atoms with Crippen LogP contribution in [-0.2, 0) is 0 Å². The maximum Gasteiger partial charge on any atom is 0.257 e. The normalized spacial score (nSPS) is 12.2. The third-order valence-electron chi connectivity index (χ3n) is 3.28. The summed E-state index contributed by atoms with van der Waals surface area (Å²) in [4.78, 5) is 0. The van der Waals surface area contributed by atoms with Crippen molar-refractivity contribution in [1.29, 1.82) is 0 Å². The average molecular weight is 394 g/mol. The first-order valence-electron chi connectivity index (χ1n) is 7.05. The highest BCUT2D eigenvalue weighted by atomic mass is 79.9. The number of aromatic nitrogens is 2. The fourth-order valence-electron chi connectivity index (χ4n) is 2.02. The van der Waals surface area contributed by atoms with Gasteiger partial charge in [0, 0.05) is 10.6 Å². The number of ether oxygens (including phenoxy) is 1. The molecule has 6 heteroatoms. The van der Waals surface area contributed by atoms with Crippen molar-refractivity contribution in [2.45, 2.75) is 20.0 Å². The van der Waals surface area contributed by atoms with Gasteiger partial charge >= 0.3 is 0 Å². The highest BCUT2D eigenvalue weighted by molar-refractivity contribution is 9.10. The van der Waals surface area contributed by atoms with Crippen molar-refractivity contribution < 1.29 is 9.15 Å². The topological polar surface area (TPSA) is 48.2 Å². The van der Waals surface area contributed by atoms with Crippen LogP contribution in [0.25, 0.3) is 11.5 Å². The lowest BCUT2D eigenvalue weighted by atomic mass is 10.1. The summed E-state index contributed by atoms with van der Waals surface area (Å²) in [5, 5.41) is 8.80. The molecule has 3 aromatic rings. The quantitative estimate of drug-likeness (QED) is 0.579. The Bertz CT molecular complexity index is 818. The molecule has 1 atom stereocenters. The van der Waals surface area contributed by atoms with E-state index < -0.39 is 0 Å². The van der Waals surface area contributed by atoms with Crippen LogP contribution in [0.15, 0.2) is 51.4 Å². The van der Waals surface area contributed by atoms with Gasteiger partial charge in [-0.3, -0.25) is 0 Å². The lowest BCUT2D eigenvalue weighted by Crippen LogP contribution is -2.03. The molecule has 0 aliphatic rings. The molecule has 1 heterocycles. The van der Waals surface area contributed by atoms with Crippen molar-refractivity contribution in [2.75, 3.05) is 0 Å². The molecule has 2 aromatic carbocycles. The third kappa shape index (κ3) is 3.74. The maximum absolute atomic E-state index is 5.93. The SMILES string of the molecule is Cc1ccc(-c2nnc([C@H](C)Oc3ccc(Cl)cc3Br)o2)cc1. The first kappa shape index (κ1) is 16.0. The van der Waals surface area contributed by atoms with E-state index in [4.69, 9.17) is 20.8 Å². The molecule has 1 aromatic heterocycles. The van der Waals surface area contributed by atoms with E-state index in [2.05, 4.69) is 26.1 Å². The van der Waals surface area contributed by atoms with Crippen LogP contribution < -0.4 is 4.74 Å². The molecule has 118 valence electrons. The molecular weight excluding hydrogens is 380 g/mol. The Morgan fingerprint density at radius 3 is 2.57 bits per heavy atom. The molecule has 3 rings (SSSR count). The first-order chi connectivity index (χ1) is 11.0. The summed E-state index contributed by atoms with van der Waals surface area (Å²) in [7, 11) is 0. The third-order valence-corrected chi connectivity index (χ3v) is 4.14.